The van der Waals surface area contributed by atoms with Crippen LogP contribution >= 0.6 is 0 Å². The van der Waals surface area contributed by atoms with E-state index in [-0.39, 0.29) is 5.78 Å². The lowest BCUT2D eigenvalue weighted by Gasteiger charge is -1.91. The van der Waals surface area contributed by atoms with Crippen LogP contribution < -0.4 is 0 Å². The highest BCUT2D eigenvalue weighted by molar-refractivity contribution is 6.06. The Morgan fingerprint density at radius 2 is 2.27 bits per heavy atom. The van der Waals surface area contributed by atoms with Gasteiger partial charge in [-0.15, -0.1) is 0 Å². The van der Waals surface area contributed by atoms with Gasteiger partial charge < -0.3 is 4.42 Å². The second-order valence-electron chi connectivity index (χ2n) is 3.42. The molecular formula is C13H16O2. The maximum Gasteiger partial charge on any atom is 0.271 e. The Hall–Kier alpha value is -1.49. The summed E-state index contributed by atoms with van der Waals surface area (Å²) in [5.41, 5.74) is 0. The summed E-state index contributed by atoms with van der Waals surface area (Å²) in [6.07, 6.45) is 7.02. The van der Waals surface area contributed by atoms with E-state index >= 15 is 0 Å². The maximum atomic E-state index is 11.3. The lowest BCUT2D eigenvalue weighted by Crippen LogP contribution is -1.91. The minimum atomic E-state index is -0.226. The number of unbranched alkanes of at least 4 members (excludes halogenated alkanes) is 4. The van der Waals surface area contributed by atoms with Crippen molar-refractivity contribution >= 4 is 5.78 Å². The lowest BCUT2D eigenvalue weighted by molar-refractivity contribution is 0.103. The molecule has 0 fully saturated rings. The zero-order chi connectivity index (χ0) is 10.9. The highest BCUT2D eigenvalue weighted by Crippen LogP contribution is 2.02. The van der Waals surface area contributed by atoms with E-state index in [0.717, 1.165) is 12.8 Å². The SMILES string of the molecule is CCCCCCC#CC(=O)c1ccco1. The van der Waals surface area contributed by atoms with Crippen molar-refractivity contribution < 1.29 is 9.21 Å². The molecule has 2 nitrogen and oxygen atoms in total. The monoisotopic (exact) mass is 204 g/mol. The molecule has 0 saturated heterocycles. The molecule has 0 aliphatic rings. The van der Waals surface area contributed by atoms with Crippen LogP contribution in [0.5, 0.6) is 0 Å². The molecule has 1 aromatic rings. The molecule has 0 N–H and O–H groups in total. The van der Waals surface area contributed by atoms with E-state index in [9.17, 15) is 4.79 Å². The summed E-state index contributed by atoms with van der Waals surface area (Å²) < 4.78 is 4.94. The van der Waals surface area contributed by atoms with Crippen molar-refractivity contribution in [3.63, 3.8) is 0 Å². The molecule has 0 aliphatic heterocycles. The Morgan fingerprint density at radius 1 is 1.40 bits per heavy atom. The summed E-state index contributed by atoms with van der Waals surface area (Å²) in [7, 11) is 0. The summed E-state index contributed by atoms with van der Waals surface area (Å²) in [6.45, 7) is 2.17. The quantitative estimate of drug-likeness (QED) is 0.318. The number of carbonyl (C=O) groups excluding carboxylic acids is 1. The third kappa shape index (κ3) is 4.51. The molecule has 2 heteroatoms. The van der Waals surface area contributed by atoms with E-state index in [0.29, 0.717) is 5.76 Å². The van der Waals surface area contributed by atoms with Gasteiger partial charge in [-0.05, 0) is 24.5 Å². The molecule has 0 spiro atoms. The average Bonchev–Trinajstić information content (AvgIpc) is 2.76. The zero-order valence-corrected chi connectivity index (χ0v) is 9.08. The van der Waals surface area contributed by atoms with Gasteiger partial charge in [0.2, 0.25) is 0 Å². The van der Waals surface area contributed by atoms with Gasteiger partial charge in [-0.2, -0.15) is 0 Å². The van der Waals surface area contributed by atoms with Gasteiger partial charge in [0.1, 0.15) is 0 Å². The number of carbonyl (C=O) groups is 1. The zero-order valence-electron chi connectivity index (χ0n) is 9.08. The highest BCUT2D eigenvalue weighted by Gasteiger charge is 2.02. The van der Waals surface area contributed by atoms with E-state index in [2.05, 4.69) is 18.8 Å². The average molecular weight is 204 g/mol. The smallest absolute Gasteiger partial charge is 0.271 e. The molecule has 0 bridgehead atoms. The van der Waals surface area contributed by atoms with E-state index in [1.165, 1.54) is 25.5 Å². The standard InChI is InChI=1S/C13H16O2/c1-2-3-4-5-6-7-9-12(14)13-10-8-11-15-13/h8,10-11H,2-6H2,1H3. The van der Waals surface area contributed by atoms with E-state index in [1.807, 2.05) is 0 Å². The highest BCUT2D eigenvalue weighted by atomic mass is 16.3. The van der Waals surface area contributed by atoms with Crippen LogP contribution in [0, 0.1) is 11.8 Å². The Bertz CT molecular complexity index is 338. The van der Waals surface area contributed by atoms with Gasteiger partial charge in [0.25, 0.3) is 5.78 Å². The Morgan fingerprint density at radius 3 is 2.93 bits per heavy atom. The van der Waals surface area contributed by atoms with Gasteiger partial charge in [0, 0.05) is 6.42 Å². The van der Waals surface area contributed by atoms with Gasteiger partial charge in [0.05, 0.1) is 6.26 Å². The predicted molar refractivity (Wildman–Crippen MR) is 59.6 cm³/mol. The van der Waals surface area contributed by atoms with Crippen LogP contribution in [0.25, 0.3) is 0 Å². The molecule has 0 aromatic carbocycles. The third-order valence-electron chi connectivity index (χ3n) is 2.10. The molecule has 1 rings (SSSR count). The molecule has 0 aliphatic carbocycles. The molecular weight excluding hydrogens is 188 g/mol. The van der Waals surface area contributed by atoms with Gasteiger partial charge in [-0.1, -0.05) is 32.1 Å². The number of furan rings is 1. The number of hydrogen-bond donors (Lipinski definition) is 0. The second-order valence-corrected chi connectivity index (χ2v) is 3.42. The van der Waals surface area contributed by atoms with Crippen LogP contribution in [0.2, 0.25) is 0 Å². The van der Waals surface area contributed by atoms with E-state index in [4.69, 9.17) is 4.42 Å². The Kier molecular flexibility index (Phi) is 5.32. The molecule has 1 aromatic heterocycles. The topological polar surface area (TPSA) is 30.2 Å². The van der Waals surface area contributed by atoms with Crippen molar-refractivity contribution in [3.05, 3.63) is 24.2 Å². The van der Waals surface area contributed by atoms with Gasteiger partial charge >= 0.3 is 0 Å². The Balaban J connectivity index is 2.24. The van der Waals surface area contributed by atoms with Gasteiger partial charge in [0.15, 0.2) is 5.76 Å². The van der Waals surface area contributed by atoms with Crippen LogP contribution in [0.1, 0.15) is 49.6 Å². The second kappa shape index (κ2) is 6.89. The van der Waals surface area contributed by atoms with Gasteiger partial charge in [-0.25, -0.2) is 0 Å². The predicted octanol–water partition coefficient (Wildman–Crippen LogP) is 3.44. The van der Waals surface area contributed by atoms with E-state index < -0.39 is 0 Å². The summed E-state index contributed by atoms with van der Waals surface area (Å²) in [6, 6.07) is 3.32. The largest absolute Gasteiger partial charge is 0.460 e. The minimum Gasteiger partial charge on any atom is -0.460 e. The minimum absolute atomic E-state index is 0.226. The third-order valence-corrected chi connectivity index (χ3v) is 2.10. The van der Waals surface area contributed by atoms with Crippen molar-refractivity contribution in [2.24, 2.45) is 0 Å². The van der Waals surface area contributed by atoms with Crippen LogP contribution in [0.3, 0.4) is 0 Å². The van der Waals surface area contributed by atoms with Crippen molar-refractivity contribution in [2.75, 3.05) is 0 Å². The molecule has 0 atom stereocenters. The molecule has 0 saturated carbocycles. The number of Topliss-reactive ketones (excluding diaryl/α,β-unsaturated/α-hetero) is 1. The Labute approximate surface area is 90.7 Å². The first-order valence-electron chi connectivity index (χ1n) is 5.41. The van der Waals surface area contributed by atoms with E-state index in [1.54, 1.807) is 12.1 Å². The van der Waals surface area contributed by atoms with Crippen LogP contribution in [-0.4, -0.2) is 5.78 Å². The van der Waals surface area contributed by atoms with Crippen molar-refractivity contribution in [1.29, 1.82) is 0 Å². The van der Waals surface area contributed by atoms with Crippen molar-refractivity contribution in [1.82, 2.24) is 0 Å². The fourth-order valence-corrected chi connectivity index (χ4v) is 1.25. The fraction of sp³-hybridized carbons (Fsp3) is 0.462. The van der Waals surface area contributed by atoms with Crippen molar-refractivity contribution in [3.8, 4) is 11.8 Å². The lowest BCUT2D eigenvalue weighted by atomic mass is 10.1. The first kappa shape index (κ1) is 11.6. The number of rotatable bonds is 5. The summed E-state index contributed by atoms with van der Waals surface area (Å²) >= 11 is 0. The number of hydrogen-bond acceptors (Lipinski definition) is 2. The molecule has 0 radical (unpaired) electrons. The normalized spacial score (nSPS) is 9.40. The summed E-state index contributed by atoms with van der Waals surface area (Å²) in [4.78, 5) is 11.3. The summed E-state index contributed by atoms with van der Waals surface area (Å²) in [5, 5.41) is 0. The summed E-state index contributed by atoms with van der Waals surface area (Å²) in [5.74, 6) is 5.56. The molecule has 15 heavy (non-hydrogen) atoms. The maximum absolute atomic E-state index is 11.3. The number of ketones is 1. The van der Waals surface area contributed by atoms with Crippen LogP contribution in [0.4, 0.5) is 0 Å². The van der Waals surface area contributed by atoms with Gasteiger partial charge in [-0.3, -0.25) is 4.79 Å². The van der Waals surface area contributed by atoms with Crippen LogP contribution in [-0.2, 0) is 0 Å². The molecule has 0 unspecified atom stereocenters. The molecule has 1 heterocycles. The van der Waals surface area contributed by atoms with Crippen LogP contribution in [0.15, 0.2) is 22.8 Å². The molecule has 0 amide bonds. The first-order valence-corrected chi connectivity index (χ1v) is 5.41. The first-order chi connectivity index (χ1) is 7.34. The fourth-order valence-electron chi connectivity index (χ4n) is 1.25. The molecule has 80 valence electrons. The van der Waals surface area contributed by atoms with Crippen molar-refractivity contribution in [2.45, 2.75) is 39.0 Å².